The number of nitrogens with two attached hydrogens (primary N) is 2. The van der Waals surface area contributed by atoms with Gasteiger partial charge in [-0.1, -0.05) is 6.07 Å². The van der Waals surface area contributed by atoms with E-state index in [2.05, 4.69) is 21.2 Å². The molecule has 186 valence electrons. The first-order valence-electron chi connectivity index (χ1n) is 10.0. The molecule has 1 unspecified atom stereocenters. The van der Waals surface area contributed by atoms with Crippen LogP contribution >= 0.6 is 28.3 Å². The predicted molar refractivity (Wildman–Crippen MR) is 132 cm³/mol. The van der Waals surface area contributed by atoms with Crippen LogP contribution in [-0.4, -0.2) is 22.4 Å². The molecule has 1 heterocycles. The van der Waals surface area contributed by atoms with Gasteiger partial charge in [0.1, 0.15) is 28.5 Å². The molecule has 35 heavy (non-hydrogen) atoms. The van der Waals surface area contributed by atoms with Gasteiger partial charge in [0, 0.05) is 34.6 Å². The first-order valence-corrected chi connectivity index (χ1v) is 10.8. The van der Waals surface area contributed by atoms with Crippen molar-refractivity contribution in [1.29, 1.82) is 0 Å². The van der Waals surface area contributed by atoms with E-state index in [0.29, 0.717) is 11.4 Å². The standard InChI is InChI=1S/C23H21BrF2N4O4.ClH/c1-12(27)22(32)29-10-17-9-19(34-11-14-5-6-15(25)8-18(14)26)20(24)23(33)30(17)16-4-2-3-13(7-16)21(28)31;/h2-9,12H,10-11,27H2,1H3,(H2,28,31)(H,29,32);1H. The number of carbonyl (C=O) groups is 2. The Kier molecular flexibility index (Phi) is 9.52. The lowest BCUT2D eigenvalue weighted by Crippen LogP contribution is -2.39. The predicted octanol–water partition coefficient (Wildman–Crippen LogP) is 2.94. The van der Waals surface area contributed by atoms with Gasteiger partial charge < -0.3 is 21.5 Å². The summed E-state index contributed by atoms with van der Waals surface area (Å²) in [6.45, 7) is 1.12. The summed E-state index contributed by atoms with van der Waals surface area (Å²) in [5.41, 5.74) is 11.3. The Morgan fingerprint density at radius 3 is 2.51 bits per heavy atom. The Morgan fingerprint density at radius 1 is 1.17 bits per heavy atom. The SMILES string of the molecule is CC(N)C(=O)NCc1cc(OCc2ccc(F)cc2F)c(Br)c(=O)n1-c1cccc(C(N)=O)c1.Cl. The zero-order chi connectivity index (χ0) is 25.0. The fourth-order valence-electron chi connectivity index (χ4n) is 3.06. The largest absolute Gasteiger partial charge is 0.487 e. The van der Waals surface area contributed by atoms with E-state index in [1.807, 2.05) is 0 Å². The highest BCUT2D eigenvalue weighted by atomic mass is 79.9. The summed E-state index contributed by atoms with van der Waals surface area (Å²) in [7, 11) is 0. The molecule has 3 aromatic rings. The van der Waals surface area contributed by atoms with Gasteiger partial charge in [0.05, 0.1) is 12.6 Å². The third-order valence-corrected chi connectivity index (χ3v) is 5.57. The van der Waals surface area contributed by atoms with Crippen molar-refractivity contribution in [2.24, 2.45) is 11.5 Å². The molecule has 12 heteroatoms. The molecule has 8 nitrogen and oxygen atoms in total. The van der Waals surface area contributed by atoms with E-state index < -0.39 is 35.0 Å². The summed E-state index contributed by atoms with van der Waals surface area (Å²) < 4.78 is 34.1. The summed E-state index contributed by atoms with van der Waals surface area (Å²) in [6, 6.07) is 9.82. The highest BCUT2D eigenvalue weighted by molar-refractivity contribution is 9.10. The molecular weight excluding hydrogens is 550 g/mol. The maximum atomic E-state index is 14.0. The van der Waals surface area contributed by atoms with E-state index in [9.17, 15) is 23.2 Å². The first-order chi connectivity index (χ1) is 16.1. The van der Waals surface area contributed by atoms with Crippen LogP contribution < -0.4 is 27.1 Å². The number of pyridine rings is 1. The first kappa shape index (κ1) is 28.0. The Bertz CT molecular complexity index is 1320. The van der Waals surface area contributed by atoms with Crippen LogP contribution in [0.2, 0.25) is 0 Å². The summed E-state index contributed by atoms with van der Waals surface area (Å²) in [5.74, 6) is -2.58. The third-order valence-electron chi connectivity index (χ3n) is 4.84. The van der Waals surface area contributed by atoms with Crippen molar-refractivity contribution in [3.05, 3.63) is 91.8 Å². The number of ether oxygens (including phenoxy) is 1. The van der Waals surface area contributed by atoms with Crippen molar-refractivity contribution in [3.8, 4) is 11.4 Å². The van der Waals surface area contributed by atoms with Gasteiger partial charge in [-0.2, -0.15) is 0 Å². The van der Waals surface area contributed by atoms with Crippen LogP contribution in [0.4, 0.5) is 8.78 Å². The van der Waals surface area contributed by atoms with Crippen molar-refractivity contribution in [2.45, 2.75) is 26.1 Å². The number of primary amides is 1. The van der Waals surface area contributed by atoms with Crippen LogP contribution in [0.15, 0.2) is 57.8 Å². The molecule has 3 rings (SSSR count). The molecule has 0 bridgehead atoms. The zero-order valence-corrected chi connectivity index (χ0v) is 20.8. The van der Waals surface area contributed by atoms with Gasteiger partial charge in [-0.05, 0) is 53.2 Å². The molecule has 0 fully saturated rings. The minimum Gasteiger partial charge on any atom is -0.487 e. The lowest BCUT2D eigenvalue weighted by atomic mass is 10.1. The molecule has 0 aliphatic rings. The van der Waals surface area contributed by atoms with E-state index in [1.165, 1.54) is 35.8 Å². The number of benzene rings is 2. The number of amides is 2. The van der Waals surface area contributed by atoms with E-state index in [0.717, 1.165) is 12.1 Å². The molecule has 2 aromatic carbocycles. The maximum Gasteiger partial charge on any atom is 0.273 e. The molecule has 0 saturated heterocycles. The number of halogens is 4. The van der Waals surface area contributed by atoms with Crippen molar-refractivity contribution in [1.82, 2.24) is 9.88 Å². The van der Waals surface area contributed by atoms with Gasteiger partial charge in [-0.3, -0.25) is 19.0 Å². The second-order valence-electron chi connectivity index (χ2n) is 7.40. The van der Waals surface area contributed by atoms with Crippen LogP contribution in [0.1, 0.15) is 28.5 Å². The lowest BCUT2D eigenvalue weighted by molar-refractivity contribution is -0.122. The number of hydrogen-bond donors (Lipinski definition) is 3. The Labute approximate surface area is 213 Å². The van der Waals surface area contributed by atoms with E-state index in [1.54, 1.807) is 12.1 Å². The van der Waals surface area contributed by atoms with Crippen LogP contribution in [-0.2, 0) is 17.9 Å². The highest BCUT2D eigenvalue weighted by Crippen LogP contribution is 2.26. The number of hydrogen-bond acceptors (Lipinski definition) is 5. The fraction of sp³-hybridized carbons (Fsp3) is 0.174. The maximum absolute atomic E-state index is 14.0. The van der Waals surface area contributed by atoms with E-state index in [4.69, 9.17) is 16.2 Å². The number of carbonyl (C=O) groups excluding carboxylic acids is 2. The molecule has 0 spiro atoms. The lowest BCUT2D eigenvalue weighted by Gasteiger charge is -2.18. The molecule has 5 N–H and O–H groups in total. The Morgan fingerprint density at radius 2 is 1.89 bits per heavy atom. The highest BCUT2D eigenvalue weighted by Gasteiger charge is 2.18. The van der Waals surface area contributed by atoms with Crippen molar-refractivity contribution in [2.75, 3.05) is 0 Å². The normalized spacial score (nSPS) is 11.3. The summed E-state index contributed by atoms with van der Waals surface area (Å²) in [6.07, 6.45) is 0. The van der Waals surface area contributed by atoms with Crippen LogP contribution in [0.5, 0.6) is 5.75 Å². The molecule has 2 amide bonds. The van der Waals surface area contributed by atoms with E-state index in [-0.39, 0.29) is 46.9 Å². The van der Waals surface area contributed by atoms with Crippen molar-refractivity contribution < 1.29 is 23.1 Å². The van der Waals surface area contributed by atoms with Gasteiger partial charge in [0.15, 0.2) is 0 Å². The van der Waals surface area contributed by atoms with Gasteiger partial charge in [0.2, 0.25) is 11.8 Å². The average molecular weight is 572 g/mol. The smallest absolute Gasteiger partial charge is 0.273 e. The number of nitrogens with zero attached hydrogens (tertiary/aromatic N) is 1. The molecule has 0 radical (unpaired) electrons. The molecule has 0 aliphatic heterocycles. The molecule has 0 saturated carbocycles. The van der Waals surface area contributed by atoms with Crippen molar-refractivity contribution >= 4 is 40.2 Å². The average Bonchev–Trinajstić information content (AvgIpc) is 2.79. The number of aromatic nitrogens is 1. The van der Waals surface area contributed by atoms with Crippen LogP contribution in [0, 0.1) is 11.6 Å². The van der Waals surface area contributed by atoms with E-state index >= 15 is 0 Å². The van der Waals surface area contributed by atoms with Crippen LogP contribution in [0.25, 0.3) is 5.69 Å². The summed E-state index contributed by atoms with van der Waals surface area (Å²) in [4.78, 5) is 36.9. The molecule has 1 aromatic heterocycles. The quantitative estimate of drug-likeness (QED) is 0.383. The summed E-state index contributed by atoms with van der Waals surface area (Å²) in [5, 5.41) is 2.62. The molecule has 0 aliphatic carbocycles. The Hall–Kier alpha value is -3.28. The minimum atomic E-state index is -0.794. The fourth-order valence-corrected chi connectivity index (χ4v) is 3.47. The summed E-state index contributed by atoms with van der Waals surface area (Å²) >= 11 is 3.21. The van der Waals surface area contributed by atoms with Gasteiger partial charge >= 0.3 is 0 Å². The van der Waals surface area contributed by atoms with Gasteiger partial charge in [-0.15, -0.1) is 12.4 Å². The van der Waals surface area contributed by atoms with Crippen molar-refractivity contribution in [3.63, 3.8) is 0 Å². The number of rotatable bonds is 8. The Balaban J connectivity index is 0.00000432. The van der Waals surface area contributed by atoms with Gasteiger partial charge in [0.25, 0.3) is 5.56 Å². The third kappa shape index (κ3) is 6.65. The monoisotopic (exact) mass is 570 g/mol. The number of nitrogens with one attached hydrogen (secondary N) is 1. The van der Waals surface area contributed by atoms with Gasteiger partial charge in [-0.25, -0.2) is 8.78 Å². The topological polar surface area (TPSA) is 129 Å². The molecule has 1 atom stereocenters. The zero-order valence-electron chi connectivity index (χ0n) is 18.4. The molecular formula is C23H22BrClF2N4O4. The second-order valence-corrected chi connectivity index (χ2v) is 8.19. The van der Waals surface area contributed by atoms with Crippen LogP contribution in [0.3, 0.4) is 0 Å². The minimum absolute atomic E-state index is 0. The second kappa shape index (κ2) is 11.9.